The quantitative estimate of drug-likeness (QED) is 0.435. The molecule has 1 fully saturated rings. The lowest BCUT2D eigenvalue weighted by Crippen LogP contribution is -2.46. The molecule has 154 valence electrons. The van der Waals surface area contributed by atoms with Crippen LogP contribution in [0.25, 0.3) is 0 Å². The Bertz CT molecular complexity index is 720. The van der Waals surface area contributed by atoms with E-state index in [1.807, 2.05) is 13.8 Å². The maximum atomic E-state index is 12.4. The molecule has 28 heavy (non-hydrogen) atoms. The van der Waals surface area contributed by atoms with Gasteiger partial charge in [-0.15, -0.1) is 0 Å². The smallest absolute Gasteiger partial charge is 0.407 e. The van der Waals surface area contributed by atoms with Gasteiger partial charge in [-0.3, -0.25) is 20.4 Å². The summed E-state index contributed by atoms with van der Waals surface area (Å²) in [6.45, 7) is 3.87. The number of nitrogens with zero attached hydrogens (tertiary/aromatic N) is 1. The molecular weight excluding hydrogens is 386 g/mol. The summed E-state index contributed by atoms with van der Waals surface area (Å²) in [6.07, 6.45) is 3.45. The van der Waals surface area contributed by atoms with Crippen molar-refractivity contribution in [2.75, 3.05) is 12.4 Å². The van der Waals surface area contributed by atoms with Crippen molar-refractivity contribution in [3.05, 3.63) is 23.0 Å². The Labute approximate surface area is 168 Å². The first-order valence-corrected chi connectivity index (χ1v) is 9.54. The number of hydrogen-bond donors (Lipinski definition) is 4. The fraction of sp³-hybridized carbons (Fsp3) is 0.556. The van der Waals surface area contributed by atoms with Crippen LogP contribution in [0, 0.1) is 5.92 Å². The molecular formula is C18H26ClN5O4. The minimum atomic E-state index is -0.485. The highest BCUT2D eigenvalue weighted by atomic mass is 35.5. The second-order valence-electron chi connectivity index (χ2n) is 6.98. The molecule has 0 unspecified atom stereocenters. The Kier molecular flexibility index (Phi) is 7.86. The maximum absolute atomic E-state index is 12.4. The minimum Gasteiger partial charge on any atom is -0.453 e. The first-order chi connectivity index (χ1) is 13.3. The van der Waals surface area contributed by atoms with Gasteiger partial charge in [-0.25, -0.2) is 9.78 Å². The van der Waals surface area contributed by atoms with Crippen LogP contribution in [0.15, 0.2) is 12.3 Å². The molecule has 1 aliphatic rings. The van der Waals surface area contributed by atoms with Crippen molar-refractivity contribution in [2.24, 2.45) is 5.92 Å². The summed E-state index contributed by atoms with van der Waals surface area (Å²) < 4.78 is 4.58. The zero-order chi connectivity index (χ0) is 20.7. The van der Waals surface area contributed by atoms with Gasteiger partial charge in [0, 0.05) is 24.2 Å². The van der Waals surface area contributed by atoms with Crippen LogP contribution in [0.2, 0.25) is 5.15 Å². The van der Waals surface area contributed by atoms with Gasteiger partial charge in [0.1, 0.15) is 5.15 Å². The van der Waals surface area contributed by atoms with E-state index in [4.69, 9.17) is 11.6 Å². The first-order valence-electron chi connectivity index (χ1n) is 9.17. The number of amides is 3. The number of carbonyl (C=O) groups is 3. The van der Waals surface area contributed by atoms with Crippen molar-refractivity contribution in [3.8, 4) is 0 Å². The summed E-state index contributed by atoms with van der Waals surface area (Å²) in [6, 6.07) is 1.65. The summed E-state index contributed by atoms with van der Waals surface area (Å²) in [4.78, 5) is 40.0. The van der Waals surface area contributed by atoms with E-state index < -0.39 is 12.0 Å². The van der Waals surface area contributed by atoms with Crippen molar-refractivity contribution < 1.29 is 19.1 Å². The summed E-state index contributed by atoms with van der Waals surface area (Å²) in [5.74, 6) is -0.973. The highest BCUT2D eigenvalue weighted by Crippen LogP contribution is 2.24. The summed E-state index contributed by atoms with van der Waals surface area (Å²) in [5, 5.41) is 6.13. The number of pyridine rings is 1. The number of methoxy groups -OCH3 is 1. The van der Waals surface area contributed by atoms with Crippen LogP contribution in [0.4, 0.5) is 10.5 Å². The van der Waals surface area contributed by atoms with Gasteiger partial charge in [0.05, 0.1) is 18.4 Å². The second-order valence-corrected chi connectivity index (χ2v) is 7.37. The lowest BCUT2D eigenvalue weighted by molar-refractivity contribution is -0.126. The monoisotopic (exact) mass is 411 g/mol. The molecule has 0 spiro atoms. The van der Waals surface area contributed by atoms with Crippen molar-refractivity contribution in [3.63, 3.8) is 0 Å². The zero-order valence-corrected chi connectivity index (χ0v) is 16.9. The number of anilines is 1. The van der Waals surface area contributed by atoms with E-state index in [1.165, 1.54) is 13.3 Å². The topological polar surface area (TPSA) is 121 Å². The van der Waals surface area contributed by atoms with E-state index in [9.17, 15) is 14.4 Å². The maximum Gasteiger partial charge on any atom is 0.407 e. The van der Waals surface area contributed by atoms with Crippen LogP contribution >= 0.6 is 11.6 Å². The van der Waals surface area contributed by atoms with Gasteiger partial charge in [-0.2, -0.15) is 0 Å². The zero-order valence-electron chi connectivity index (χ0n) is 16.2. The van der Waals surface area contributed by atoms with Gasteiger partial charge in [-0.05, 0) is 45.6 Å². The fourth-order valence-electron chi connectivity index (χ4n) is 3.05. The molecule has 3 amide bonds. The average Bonchev–Trinajstić information content (AvgIpc) is 2.66. The first kappa shape index (κ1) is 21.7. The van der Waals surface area contributed by atoms with Crippen molar-refractivity contribution in [1.29, 1.82) is 0 Å². The lowest BCUT2D eigenvalue weighted by Gasteiger charge is -2.27. The molecule has 0 atom stereocenters. The summed E-state index contributed by atoms with van der Waals surface area (Å²) in [7, 11) is 1.31. The molecule has 4 N–H and O–H groups in total. The molecule has 1 saturated carbocycles. The van der Waals surface area contributed by atoms with E-state index in [-0.39, 0.29) is 34.6 Å². The van der Waals surface area contributed by atoms with E-state index in [0.717, 1.165) is 0 Å². The second kappa shape index (κ2) is 10.1. The molecule has 0 bridgehead atoms. The Morgan fingerprint density at radius 2 is 1.86 bits per heavy atom. The Balaban J connectivity index is 1.86. The number of halogens is 1. The summed E-state index contributed by atoms with van der Waals surface area (Å²) in [5.41, 5.74) is 5.72. The Morgan fingerprint density at radius 1 is 1.18 bits per heavy atom. The fourth-order valence-corrected chi connectivity index (χ4v) is 3.21. The van der Waals surface area contributed by atoms with Gasteiger partial charge in [0.2, 0.25) is 5.91 Å². The number of ether oxygens (including phenoxy) is 1. The van der Waals surface area contributed by atoms with Crippen LogP contribution in [-0.2, 0) is 9.53 Å². The number of carbonyl (C=O) groups excluding carboxylic acids is 3. The van der Waals surface area contributed by atoms with Crippen molar-refractivity contribution in [1.82, 2.24) is 21.2 Å². The van der Waals surface area contributed by atoms with Crippen LogP contribution < -0.4 is 21.5 Å². The standard InChI is InChI=1S/C18H26ClN5O4/c1-10(2)21-14-8-15(19)20-9-13(14)17(26)24-23-16(25)11-4-6-12(7-5-11)22-18(27)28-3/h8-12H,4-7H2,1-3H3,(H,20,21)(H,22,27)(H,23,25)(H,24,26)/t11-,12-. The number of alkyl carbamates (subject to hydrolysis) is 1. The molecule has 0 aromatic carbocycles. The predicted molar refractivity (Wildman–Crippen MR) is 105 cm³/mol. The SMILES string of the molecule is COC(=O)N[C@H]1CC[C@H](C(=O)NNC(=O)c2cnc(Cl)cc2NC(C)C)CC1. The highest BCUT2D eigenvalue weighted by molar-refractivity contribution is 6.29. The minimum absolute atomic E-state index is 0.00380. The lowest BCUT2D eigenvalue weighted by atomic mass is 9.85. The molecule has 1 aliphatic carbocycles. The third-order valence-electron chi connectivity index (χ3n) is 4.46. The average molecular weight is 412 g/mol. The van der Waals surface area contributed by atoms with Crippen molar-refractivity contribution >= 4 is 35.2 Å². The van der Waals surface area contributed by atoms with Crippen molar-refractivity contribution in [2.45, 2.75) is 51.6 Å². The Morgan fingerprint density at radius 3 is 2.46 bits per heavy atom. The van der Waals surface area contributed by atoms with E-state index >= 15 is 0 Å². The molecule has 1 aromatic rings. The largest absolute Gasteiger partial charge is 0.453 e. The van der Waals surface area contributed by atoms with Gasteiger partial charge in [0.25, 0.3) is 5.91 Å². The highest BCUT2D eigenvalue weighted by Gasteiger charge is 2.27. The van der Waals surface area contributed by atoms with Crippen LogP contribution in [0.5, 0.6) is 0 Å². The van der Waals surface area contributed by atoms with E-state index in [1.54, 1.807) is 6.07 Å². The molecule has 1 aromatic heterocycles. The number of rotatable bonds is 5. The molecule has 1 heterocycles. The van der Waals surface area contributed by atoms with Gasteiger partial charge < -0.3 is 15.4 Å². The van der Waals surface area contributed by atoms with E-state index in [2.05, 4.69) is 31.2 Å². The number of hydrogen-bond acceptors (Lipinski definition) is 6. The number of nitrogens with one attached hydrogen (secondary N) is 4. The molecule has 0 aliphatic heterocycles. The normalized spacial score (nSPS) is 18.9. The van der Waals surface area contributed by atoms with Gasteiger partial charge >= 0.3 is 6.09 Å². The van der Waals surface area contributed by atoms with Crippen LogP contribution in [-0.4, -0.2) is 42.1 Å². The van der Waals surface area contributed by atoms with Crippen LogP contribution in [0.1, 0.15) is 49.9 Å². The number of hydrazine groups is 1. The van der Waals surface area contributed by atoms with Crippen LogP contribution in [0.3, 0.4) is 0 Å². The molecule has 9 nitrogen and oxygen atoms in total. The molecule has 2 rings (SSSR count). The van der Waals surface area contributed by atoms with Gasteiger partial charge in [-0.1, -0.05) is 11.6 Å². The summed E-state index contributed by atoms with van der Waals surface area (Å²) >= 11 is 5.90. The predicted octanol–water partition coefficient (Wildman–Crippen LogP) is 2.23. The van der Waals surface area contributed by atoms with E-state index in [0.29, 0.717) is 31.4 Å². The number of aromatic nitrogens is 1. The molecule has 0 radical (unpaired) electrons. The third kappa shape index (κ3) is 6.26. The molecule has 0 saturated heterocycles. The Hall–Kier alpha value is -2.55. The molecule has 10 heteroatoms. The van der Waals surface area contributed by atoms with Gasteiger partial charge in [0.15, 0.2) is 0 Å². The third-order valence-corrected chi connectivity index (χ3v) is 4.67.